The van der Waals surface area contributed by atoms with Gasteiger partial charge in [-0.2, -0.15) is 0 Å². The van der Waals surface area contributed by atoms with E-state index < -0.39 is 0 Å². The highest BCUT2D eigenvalue weighted by atomic mass is 16.5. The van der Waals surface area contributed by atoms with E-state index in [-0.39, 0.29) is 5.78 Å². The maximum atomic E-state index is 11.8. The Morgan fingerprint density at radius 2 is 2.00 bits per heavy atom. The quantitative estimate of drug-likeness (QED) is 0.668. The average Bonchev–Trinajstić information content (AvgIpc) is 2.47. The number of hydrogen-bond donors (Lipinski definition) is 0. The van der Waals surface area contributed by atoms with Crippen molar-refractivity contribution in [1.29, 1.82) is 0 Å². The van der Waals surface area contributed by atoms with Crippen molar-refractivity contribution < 1.29 is 9.53 Å². The van der Waals surface area contributed by atoms with E-state index in [2.05, 4.69) is 32.9 Å². The van der Waals surface area contributed by atoms with Gasteiger partial charge in [0.1, 0.15) is 12.4 Å². The Morgan fingerprint density at radius 1 is 1.18 bits per heavy atom. The van der Waals surface area contributed by atoms with Crippen LogP contribution >= 0.6 is 0 Å². The van der Waals surface area contributed by atoms with Crippen LogP contribution in [0.5, 0.6) is 5.75 Å². The zero-order valence-corrected chi connectivity index (χ0v) is 13.9. The number of aryl methyl sites for hydroxylation is 1. The maximum Gasteiger partial charge on any atom is 0.163 e. The van der Waals surface area contributed by atoms with E-state index >= 15 is 0 Å². The van der Waals surface area contributed by atoms with Crippen LogP contribution in [0.15, 0.2) is 41.5 Å². The van der Waals surface area contributed by atoms with Gasteiger partial charge < -0.3 is 4.74 Å². The monoisotopic (exact) mass is 298 g/mol. The third-order valence-electron chi connectivity index (χ3n) is 4.00. The van der Waals surface area contributed by atoms with E-state index in [0.29, 0.717) is 13.0 Å². The van der Waals surface area contributed by atoms with E-state index in [1.54, 1.807) is 0 Å². The van der Waals surface area contributed by atoms with Gasteiger partial charge in [0.05, 0.1) is 0 Å². The van der Waals surface area contributed by atoms with E-state index in [1.807, 2.05) is 18.2 Å². The van der Waals surface area contributed by atoms with Gasteiger partial charge in [-0.25, -0.2) is 0 Å². The molecule has 1 aliphatic rings. The molecule has 0 spiro atoms. The first-order chi connectivity index (χ1) is 10.6. The Kier molecular flexibility index (Phi) is 6.00. The molecule has 0 saturated carbocycles. The normalized spacial score (nSPS) is 14.5. The van der Waals surface area contributed by atoms with Gasteiger partial charge in [-0.3, -0.25) is 4.79 Å². The molecule has 0 aromatic heterocycles. The second-order valence-electron chi connectivity index (χ2n) is 6.28. The summed E-state index contributed by atoms with van der Waals surface area (Å²) in [7, 11) is 0. The third-order valence-corrected chi connectivity index (χ3v) is 4.00. The molecular formula is C20H26O2. The summed E-state index contributed by atoms with van der Waals surface area (Å²) < 4.78 is 5.80. The number of allylic oxidation sites excluding steroid dienone is 3. The molecule has 118 valence electrons. The Morgan fingerprint density at radius 3 is 2.77 bits per heavy atom. The molecule has 1 aliphatic carbocycles. The van der Waals surface area contributed by atoms with Crippen LogP contribution in [-0.4, -0.2) is 12.4 Å². The zero-order chi connectivity index (χ0) is 15.9. The number of ether oxygens (including phenoxy) is 1. The summed E-state index contributed by atoms with van der Waals surface area (Å²) in [4.78, 5) is 11.8. The summed E-state index contributed by atoms with van der Waals surface area (Å²) in [5, 5.41) is 0. The summed E-state index contributed by atoms with van der Waals surface area (Å²) >= 11 is 0. The van der Waals surface area contributed by atoms with Gasteiger partial charge in [-0.1, -0.05) is 17.2 Å². The summed E-state index contributed by atoms with van der Waals surface area (Å²) in [6.07, 6.45) is 9.19. The van der Waals surface area contributed by atoms with Crippen LogP contribution in [0.4, 0.5) is 0 Å². The highest BCUT2D eigenvalue weighted by molar-refractivity contribution is 5.98. The molecule has 2 rings (SSSR count). The van der Waals surface area contributed by atoms with E-state index in [4.69, 9.17) is 4.74 Å². The first-order valence-corrected chi connectivity index (χ1v) is 8.14. The molecule has 0 heterocycles. The van der Waals surface area contributed by atoms with Crippen molar-refractivity contribution in [2.24, 2.45) is 0 Å². The largest absolute Gasteiger partial charge is 0.490 e. The zero-order valence-electron chi connectivity index (χ0n) is 13.9. The number of rotatable bonds is 6. The molecular weight excluding hydrogens is 272 g/mol. The van der Waals surface area contributed by atoms with Gasteiger partial charge in [0, 0.05) is 12.0 Å². The van der Waals surface area contributed by atoms with Gasteiger partial charge in [0.2, 0.25) is 0 Å². The van der Waals surface area contributed by atoms with Crippen molar-refractivity contribution in [1.82, 2.24) is 0 Å². The SMILES string of the molecule is CC(C)=CCC/C(C)=C/COc1ccc2c(c1)CCCC2=O. The van der Waals surface area contributed by atoms with Crippen molar-refractivity contribution in [2.45, 2.75) is 52.9 Å². The van der Waals surface area contributed by atoms with Crippen molar-refractivity contribution in [3.63, 3.8) is 0 Å². The Bertz CT molecular complexity index is 590. The third kappa shape index (κ3) is 4.87. The van der Waals surface area contributed by atoms with E-state index in [9.17, 15) is 4.79 Å². The minimum absolute atomic E-state index is 0.266. The molecule has 1 aromatic carbocycles. The lowest BCUT2D eigenvalue weighted by molar-refractivity contribution is 0.0972. The van der Waals surface area contributed by atoms with Crippen molar-refractivity contribution >= 4 is 5.78 Å². The van der Waals surface area contributed by atoms with Crippen molar-refractivity contribution in [3.05, 3.63) is 52.6 Å². The standard InChI is InChI=1S/C20H26O2/c1-15(2)6-4-7-16(3)12-13-22-18-10-11-19-17(14-18)8-5-9-20(19)21/h6,10-12,14H,4-5,7-9,13H2,1-3H3/b16-12+. The predicted octanol–water partition coefficient (Wildman–Crippen LogP) is 5.28. The number of benzene rings is 1. The number of Topliss-reactive ketones (excluding diaryl/α,β-unsaturated/α-hetero) is 1. The van der Waals surface area contributed by atoms with Crippen LogP contribution in [0.2, 0.25) is 0 Å². The van der Waals surface area contributed by atoms with Crippen LogP contribution in [0.25, 0.3) is 0 Å². The fraction of sp³-hybridized carbons (Fsp3) is 0.450. The first kappa shape index (κ1) is 16.5. The Hall–Kier alpha value is -1.83. The predicted molar refractivity (Wildman–Crippen MR) is 91.6 cm³/mol. The lowest BCUT2D eigenvalue weighted by Gasteiger charge is -2.15. The topological polar surface area (TPSA) is 26.3 Å². The number of fused-ring (bicyclic) bond motifs is 1. The van der Waals surface area contributed by atoms with Crippen molar-refractivity contribution in [3.8, 4) is 5.75 Å². The number of hydrogen-bond acceptors (Lipinski definition) is 2. The van der Waals surface area contributed by atoms with Gasteiger partial charge in [0.15, 0.2) is 5.78 Å². The average molecular weight is 298 g/mol. The van der Waals surface area contributed by atoms with E-state index in [1.165, 1.54) is 11.1 Å². The van der Waals surface area contributed by atoms with Gasteiger partial charge >= 0.3 is 0 Å². The summed E-state index contributed by atoms with van der Waals surface area (Å²) in [5.74, 6) is 1.13. The Labute approximate surface area is 133 Å². The second-order valence-corrected chi connectivity index (χ2v) is 6.28. The van der Waals surface area contributed by atoms with Crippen molar-refractivity contribution in [2.75, 3.05) is 6.61 Å². The maximum absolute atomic E-state index is 11.8. The summed E-state index contributed by atoms with van der Waals surface area (Å²) in [5.41, 5.74) is 4.74. The van der Waals surface area contributed by atoms with Crippen LogP contribution < -0.4 is 4.74 Å². The molecule has 0 fully saturated rings. The van der Waals surface area contributed by atoms with Crippen LogP contribution in [0.1, 0.15) is 62.4 Å². The summed E-state index contributed by atoms with van der Waals surface area (Å²) in [6, 6.07) is 5.85. The fourth-order valence-corrected chi connectivity index (χ4v) is 2.68. The molecule has 0 radical (unpaired) electrons. The molecule has 0 bridgehead atoms. The molecule has 0 amide bonds. The fourth-order valence-electron chi connectivity index (χ4n) is 2.68. The number of carbonyl (C=O) groups is 1. The van der Waals surface area contributed by atoms with Crippen LogP contribution in [0.3, 0.4) is 0 Å². The smallest absolute Gasteiger partial charge is 0.163 e. The molecule has 0 atom stereocenters. The number of carbonyl (C=O) groups excluding carboxylic acids is 1. The minimum Gasteiger partial charge on any atom is -0.490 e. The number of ketones is 1. The molecule has 1 aromatic rings. The molecule has 0 unspecified atom stereocenters. The highest BCUT2D eigenvalue weighted by Crippen LogP contribution is 2.25. The summed E-state index contributed by atoms with van der Waals surface area (Å²) in [6.45, 7) is 6.99. The first-order valence-electron chi connectivity index (χ1n) is 8.14. The molecule has 0 N–H and O–H groups in total. The van der Waals surface area contributed by atoms with E-state index in [0.717, 1.165) is 42.6 Å². The van der Waals surface area contributed by atoms with Gasteiger partial charge in [-0.05, 0) is 76.3 Å². The molecule has 2 heteroatoms. The molecule has 2 nitrogen and oxygen atoms in total. The molecule has 0 saturated heterocycles. The lowest BCUT2D eigenvalue weighted by Crippen LogP contribution is -2.10. The lowest BCUT2D eigenvalue weighted by atomic mass is 9.91. The molecule has 22 heavy (non-hydrogen) atoms. The second kappa shape index (κ2) is 7.98. The Balaban J connectivity index is 1.87. The van der Waals surface area contributed by atoms with Crippen LogP contribution in [-0.2, 0) is 6.42 Å². The van der Waals surface area contributed by atoms with Gasteiger partial charge in [-0.15, -0.1) is 0 Å². The van der Waals surface area contributed by atoms with Crippen LogP contribution in [0, 0.1) is 0 Å². The van der Waals surface area contributed by atoms with Gasteiger partial charge in [0.25, 0.3) is 0 Å². The minimum atomic E-state index is 0.266. The molecule has 0 aliphatic heterocycles. The highest BCUT2D eigenvalue weighted by Gasteiger charge is 2.17.